The van der Waals surface area contributed by atoms with Crippen LogP contribution in [0, 0.1) is 0 Å². The van der Waals surface area contributed by atoms with Gasteiger partial charge in [-0.25, -0.2) is 0 Å². The third-order valence-corrected chi connectivity index (χ3v) is 14.3. The lowest BCUT2D eigenvalue weighted by Gasteiger charge is -2.33. The normalized spacial score (nSPS) is 15.2. The Morgan fingerprint density at radius 3 is 1.18 bits per heavy atom. The van der Waals surface area contributed by atoms with E-state index >= 15 is 0 Å². The van der Waals surface area contributed by atoms with Crippen molar-refractivity contribution < 1.29 is 0 Å². The van der Waals surface area contributed by atoms with Crippen molar-refractivity contribution in [2.45, 2.75) is 105 Å². The molecule has 0 nitrogen and oxygen atoms in total. The largest absolute Gasteiger partial charge is 0.113 e. The number of hydrogen-bond donors (Lipinski definition) is 0. The predicted octanol–water partition coefficient (Wildman–Crippen LogP) is 12.5. The topological polar surface area (TPSA) is 0 Å². The molecule has 0 spiro atoms. The number of benzene rings is 4. The molecule has 2 aliphatic rings. The fourth-order valence-corrected chi connectivity index (χ4v) is 12.5. The quantitative estimate of drug-likeness (QED) is 0.191. The van der Waals surface area contributed by atoms with Crippen molar-refractivity contribution >= 4 is 18.5 Å². The minimum absolute atomic E-state index is 0.149. The van der Waals surface area contributed by atoms with Gasteiger partial charge in [0.25, 0.3) is 0 Å². The summed E-state index contributed by atoms with van der Waals surface area (Å²) in [7, 11) is -2.16. The van der Waals surface area contributed by atoms with Crippen molar-refractivity contribution in [2.24, 2.45) is 0 Å². The highest BCUT2D eigenvalue weighted by Gasteiger charge is 2.43. The molecule has 0 N–H and O–H groups in total. The van der Waals surface area contributed by atoms with Gasteiger partial charge in [-0.2, -0.15) is 0 Å². The molecule has 0 amide bonds. The van der Waals surface area contributed by atoms with E-state index in [1.54, 1.807) is 21.5 Å². The third-order valence-electron chi connectivity index (χ3n) is 10.5. The van der Waals surface area contributed by atoms with Gasteiger partial charge in [0.1, 0.15) is 8.07 Å². The molecule has 0 heterocycles. The van der Waals surface area contributed by atoms with Crippen LogP contribution in [0.5, 0.6) is 0 Å². The molecule has 0 radical (unpaired) electrons. The van der Waals surface area contributed by atoms with Gasteiger partial charge in [-0.1, -0.05) is 165 Å². The van der Waals surface area contributed by atoms with Crippen LogP contribution in [-0.4, -0.2) is 8.07 Å². The van der Waals surface area contributed by atoms with Crippen LogP contribution in [0.3, 0.4) is 0 Å². The van der Waals surface area contributed by atoms with Gasteiger partial charge >= 0.3 is 0 Å². The molecule has 4 aromatic carbocycles. The van der Waals surface area contributed by atoms with E-state index in [0.29, 0.717) is 0 Å². The molecule has 0 aromatic heterocycles. The highest BCUT2D eigenvalue weighted by molar-refractivity contribution is 7.09. The molecular formula is C44H52Si. The zero-order valence-corrected chi connectivity index (χ0v) is 30.4. The van der Waals surface area contributed by atoms with Gasteiger partial charge in [0, 0.05) is 0 Å². The Balaban J connectivity index is 1.52. The van der Waals surface area contributed by atoms with Gasteiger partial charge in [0.05, 0.1) is 0 Å². The Morgan fingerprint density at radius 2 is 0.867 bits per heavy atom. The molecule has 2 aliphatic carbocycles. The lowest BCUT2D eigenvalue weighted by Crippen LogP contribution is -2.32. The molecular weight excluding hydrogens is 557 g/mol. The molecule has 0 atom stereocenters. The zero-order chi connectivity index (χ0) is 32.3. The second-order valence-corrected chi connectivity index (χ2v) is 20.2. The van der Waals surface area contributed by atoms with Gasteiger partial charge in [0.2, 0.25) is 0 Å². The first-order valence-corrected chi connectivity index (χ1v) is 20.2. The first-order valence-electron chi connectivity index (χ1n) is 17.2. The van der Waals surface area contributed by atoms with Crippen LogP contribution >= 0.6 is 0 Å². The summed E-state index contributed by atoms with van der Waals surface area (Å²) in [4.78, 5) is 0. The third kappa shape index (κ3) is 5.52. The molecule has 4 aromatic rings. The molecule has 0 aliphatic heterocycles. The maximum absolute atomic E-state index is 2.66. The van der Waals surface area contributed by atoms with Crippen molar-refractivity contribution in [3.63, 3.8) is 0 Å². The number of fused-ring (bicyclic) bond motifs is 2. The van der Waals surface area contributed by atoms with Crippen LogP contribution in [-0.2, 0) is 23.7 Å². The van der Waals surface area contributed by atoms with Gasteiger partial charge in [-0.05, 0) is 103 Å². The number of allylic oxidation sites excluding steroid dienone is 2. The lowest BCUT2D eigenvalue weighted by atomic mass is 9.86. The molecule has 232 valence electrons. The van der Waals surface area contributed by atoms with Crippen LogP contribution in [0.1, 0.15) is 102 Å². The van der Waals surface area contributed by atoms with E-state index in [1.807, 2.05) is 0 Å². The maximum Gasteiger partial charge on any atom is 0.113 e. The summed E-state index contributed by atoms with van der Waals surface area (Å²) >= 11 is 0. The standard InChI is InChI=1S/C44H52Si/c1-11-29-27-33-15-13-17-37(31-19-23-35(24-20-31)43(3,4)5)39(33)41(29)45(9,10)42-30(12-2)28-34-16-14-18-38(40(34)42)32-21-25-36(26-22-32)44(6,7)8/h13-26H,11-12,27-28H2,1-10H3. The monoisotopic (exact) mass is 608 g/mol. The summed E-state index contributed by atoms with van der Waals surface area (Å²) in [5.74, 6) is 0. The number of hydrogen-bond acceptors (Lipinski definition) is 0. The fourth-order valence-electron chi connectivity index (χ4n) is 8.09. The average Bonchev–Trinajstić information content (AvgIpc) is 3.60. The second-order valence-electron chi connectivity index (χ2n) is 16.0. The summed E-state index contributed by atoms with van der Waals surface area (Å²) in [5, 5.41) is 3.39. The van der Waals surface area contributed by atoms with Crippen LogP contribution in [0.25, 0.3) is 32.6 Å². The van der Waals surface area contributed by atoms with E-state index in [1.165, 1.54) is 55.6 Å². The highest BCUT2D eigenvalue weighted by atomic mass is 28.3. The molecule has 0 saturated heterocycles. The molecule has 0 saturated carbocycles. The van der Waals surface area contributed by atoms with Crippen molar-refractivity contribution in [3.05, 3.63) is 129 Å². The molecule has 0 bridgehead atoms. The van der Waals surface area contributed by atoms with E-state index in [-0.39, 0.29) is 10.8 Å². The second kappa shape index (κ2) is 11.4. The Morgan fingerprint density at radius 1 is 0.511 bits per heavy atom. The molecule has 1 heteroatoms. The molecule has 0 fully saturated rings. The first-order chi connectivity index (χ1) is 21.3. The smallest absolute Gasteiger partial charge is 0.0658 e. The van der Waals surface area contributed by atoms with Crippen LogP contribution in [0.4, 0.5) is 0 Å². The van der Waals surface area contributed by atoms with Crippen LogP contribution < -0.4 is 0 Å². The van der Waals surface area contributed by atoms with E-state index in [2.05, 4.69) is 153 Å². The Kier molecular flexibility index (Phi) is 8.01. The first kappa shape index (κ1) is 31.6. The minimum Gasteiger partial charge on any atom is -0.0658 e. The van der Waals surface area contributed by atoms with Crippen molar-refractivity contribution in [3.8, 4) is 22.3 Å². The Bertz CT molecular complexity index is 1680. The molecule has 6 rings (SSSR count). The van der Waals surface area contributed by atoms with E-state index in [9.17, 15) is 0 Å². The van der Waals surface area contributed by atoms with E-state index in [0.717, 1.165) is 25.7 Å². The minimum atomic E-state index is -2.16. The average molecular weight is 609 g/mol. The number of rotatable bonds is 6. The van der Waals surface area contributed by atoms with Crippen molar-refractivity contribution in [2.75, 3.05) is 0 Å². The fraction of sp³-hybridized carbons (Fsp3) is 0.364. The van der Waals surface area contributed by atoms with Crippen molar-refractivity contribution in [1.82, 2.24) is 0 Å². The van der Waals surface area contributed by atoms with E-state index in [4.69, 9.17) is 0 Å². The Hall–Kier alpha value is -3.42. The van der Waals surface area contributed by atoms with Crippen molar-refractivity contribution in [1.29, 1.82) is 0 Å². The van der Waals surface area contributed by atoms with Crippen LogP contribution in [0.2, 0.25) is 13.1 Å². The molecule has 0 unspecified atom stereocenters. The lowest BCUT2D eigenvalue weighted by molar-refractivity contribution is 0.590. The van der Waals surface area contributed by atoms with Gasteiger partial charge < -0.3 is 0 Å². The summed E-state index contributed by atoms with van der Waals surface area (Å²) in [6, 6.07) is 33.0. The SMILES string of the molecule is CCC1=C([Si](C)(C)C2=C(CC)Cc3cccc(-c4ccc(C(C)(C)C)cc4)c32)c2c(cccc2-c2ccc(C(C)(C)C)cc2)C1. The molecule has 45 heavy (non-hydrogen) atoms. The predicted molar refractivity (Wildman–Crippen MR) is 200 cm³/mol. The van der Waals surface area contributed by atoms with E-state index < -0.39 is 8.07 Å². The summed E-state index contributed by atoms with van der Waals surface area (Å²) < 4.78 is 0. The highest BCUT2D eigenvalue weighted by Crippen LogP contribution is 2.53. The van der Waals surface area contributed by atoms with Gasteiger partial charge in [-0.3, -0.25) is 0 Å². The van der Waals surface area contributed by atoms with Gasteiger partial charge in [0.15, 0.2) is 0 Å². The summed E-state index contributed by atoms with van der Waals surface area (Å²) in [6.45, 7) is 23.9. The Labute approximate surface area is 274 Å². The summed E-state index contributed by atoms with van der Waals surface area (Å²) in [5.41, 5.74) is 18.0. The maximum atomic E-state index is 2.66. The zero-order valence-electron chi connectivity index (χ0n) is 29.4. The summed E-state index contributed by atoms with van der Waals surface area (Å²) in [6.07, 6.45) is 4.40. The van der Waals surface area contributed by atoms with Crippen LogP contribution in [0.15, 0.2) is 96.1 Å². The van der Waals surface area contributed by atoms with Gasteiger partial charge in [-0.15, -0.1) is 0 Å².